The van der Waals surface area contributed by atoms with Crippen molar-refractivity contribution in [1.29, 1.82) is 0 Å². The van der Waals surface area contributed by atoms with Gasteiger partial charge in [0.25, 0.3) is 0 Å². The molecule has 2 rings (SSSR count). The molecule has 0 aliphatic carbocycles. The maximum atomic E-state index is 11.8. The first-order valence-corrected chi connectivity index (χ1v) is 8.58. The maximum Gasteiger partial charge on any atom is 0.372 e. The van der Waals surface area contributed by atoms with Gasteiger partial charge in [-0.05, 0) is 39.0 Å². The third-order valence-electron chi connectivity index (χ3n) is 3.46. The fourth-order valence-corrected chi connectivity index (χ4v) is 2.50. The van der Waals surface area contributed by atoms with Crippen LogP contribution in [0.25, 0.3) is 0 Å². The van der Waals surface area contributed by atoms with E-state index in [1.54, 1.807) is 12.1 Å². The molecule has 0 atom stereocenters. The number of benzene rings is 2. The second-order valence-corrected chi connectivity index (χ2v) is 7.34. The Hall–Kier alpha value is -2.34. The second kappa shape index (κ2) is 8.16. The van der Waals surface area contributed by atoms with Crippen molar-refractivity contribution in [2.75, 3.05) is 6.61 Å². The Kier molecular flexibility index (Phi) is 6.20. The Balaban J connectivity index is 1.92. The van der Waals surface area contributed by atoms with Crippen molar-refractivity contribution in [3.05, 3.63) is 64.1 Å². The topological polar surface area (TPSA) is 73.9 Å². The summed E-state index contributed by atoms with van der Waals surface area (Å²) in [6.07, 6.45) is 0. The normalized spacial score (nSPS) is 11.9. The van der Waals surface area contributed by atoms with Crippen LogP contribution in [-0.4, -0.2) is 18.4 Å². The molecule has 5 nitrogen and oxygen atoms in total. The average Bonchev–Trinajstić information content (AvgIpc) is 2.58. The SMILES string of the molecule is CC(C)(C)c1ccc(OCC(=O)O/N=C(/N)c2ccccc2)c(Br)c1. The van der Waals surface area contributed by atoms with E-state index in [1.165, 1.54) is 0 Å². The lowest BCUT2D eigenvalue weighted by molar-refractivity contribution is -0.146. The highest BCUT2D eigenvalue weighted by Gasteiger charge is 2.16. The Morgan fingerprint density at radius 3 is 2.44 bits per heavy atom. The molecule has 0 unspecified atom stereocenters. The van der Waals surface area contributed by atoms with Gasteiger partial charge in [0, 0.05) is 5.56 Å². The maximum absolute atomic E-state index is 11.8. The lowest BCUT2D eigenvalue weighted by Gasteiger charge is -2.20. The molecule has 0 amide bonds. The van der Waals surface area contributed by atoms with E-state index in [0.717, 1.165) is 10.0 Å². The monoisotopic (exact) mass is 404 g/mol. The number of carbonyl (C=O) groups excluding carboxylic acids is 1. The molecule has 132 valence electrons. The molecule has 2 aromatic rings. The lowest BCUT2D eigenvalue weighted by atomic mass is 9.87. The summed E-state index contributed by atoms with van der Waals surface area (Å²) in [5, 5.41) is 3.63. The minimum Gasteiger partial charge on any atom is -0.481 e. The summed E-state index contributed by atoms with van der Waals surface area (Å²) in [6, 6.07) is 14.8. The van der Waals surface area contributed by atoms with Crippen molar-refractivity contribution in [2.45, 2.75) is 26.2 Å². The molecule has 0 bridgehead atoms. The molecular weight excluding hydrogens is 384 g/mol. The molecule has 2 aromatic carbocycles. The molecule has 0 aliphatic heterocycles. The fraction of sp³-hybridized carbons (Fsp3) is 0.263. The molecule has 0 saturated heterocycles. The van der Waals surface area contributed by atoms with Gasteiger partial charge >= 0.3 is 5.97 Å². The van der Waals surface area contributed by atoms with E-state index in [1.807, 2.05) is 36.4 Å². The van der Waals surface area contributed by atoms with E-state index in [-0.39, 0.29) is 17.9 Å². The van der Waals surface area contributed by atoms with Gasteiger partial charge in [0.1, 0.15) is 5.75 Å². The van der Waals surface area contributed by atoms with Crippen molar-refractivity contribution in [2.24, 2.45) is 10.9 Å². The number of ether oxygens (including phenoxy) is 1. The van der Waals surface area contributed by atoms with Crippen LogP contribution in [0.2, 0.25) is 0 Å². The first-order chi connectivity index (χ1) is 11.8. The van der Waals surface area contributed by atoms with Crippen molar-refractivity contribution < 1.29 is 14.4 Å². The van der Waals surface area contributed by atoms with E-state index >= 15 is 0 Å². The zero-order valence-electron chi connectivity index (χ0n) is 14.5. The van der Waals surface area contributed by atoms with Gasteiger partial charge in [-0.1, -0.05) is 62.3 Å². The van der Waals surface area contributed by atoms with Gasteiger partial charge in [-0.3, -0.25) is 0 Å². The number of halogens is 1. The smallest absolute Gasteiger partial charge is 0.372 e. The van der Waals surface area contributed by atoms with Gasteiger partial charge in [-0.2, -0.15) is 0 Å². The summed E-state index contributed by atoms with van der Waals surface area (Å²) in [5.41, 5.74) is 7.63. The summed E-state index contributed by atoms with van der Waals surface area (Å²) < 4.78 is 6.25. The molecule has 0 saturated carbocycles. The predicted molar refractivity (Wildman–Crippen MR) is 102 cm³/mol. The van der Waals surface area contributed by atoms with Gasteiger partial charge in [0.15, 0.2) is 12.4 Å². The van der Waals surface area contributed by atoms with Crippen LogP contribution in [-0.2, 0) is 15.0 Å². The summed E-state index contributed by atoms with van der Waals surface area (Å²) in [7, 11) is 0. The third kappa shape index (κ3) is 5.60. The Bertz CT molecular complexity index is 768. The average molecular weight is 405 g/mol. The molecule has 0 heterocycles. The highest BCUT2D eigenvalue weighted by atomic mass is 79.9. The van der Waals surface area contributed by atoms with Gasteiger partial charge in [0.05, 0.1) is 4.47 Å². The van der Waals surface area contributed by atoms with E-state index in [4.69, 9.17) is 15.3 Å². The van der Waals surface area contributed by atoms with Gasteiger partial charge < -0.3 is 15.3 Å². The summed E-state index contributed by atoms with van der Waals surface area (Å²) in [6.45, 7) is 6.12. The minimum atomic E-state index is -0.634. The number of hydrogen-bond acceptors (Lipinski definition) is 4. The van der Waals surface area contributed by atoms with Crippen LogP contribution in [0.3, 0.4) is 0 Å². The summed E-state index contributed by atoms with van der Waals surface area (Å²) in [5.74, 6) is 0.0558. The van der Waals surface area contributed by atoms with Crippen molar-refractivity contribution in [1.82, 2.24) is 0 Å². The van der Waals surface area contributed by atoms with Crippen LogP contribution >= 0.6 is 15.9 Å². The number of hydrogen-bond donors (Lipinski definition) is 1. The van der Waals surface area contributed by atoms with E-state index in [9.17, 15) is 4.79 Å². The van der Waals surface area contributed by atoms with Crippen LogP contribution in [0.4, 0.5) is 0 Å². The zero-order chi connectivity index (χ0) is 18.4. The first-order valence-electron chi connectivity index (χ1n) is 7.79. The highest BCUT2D eigenvalue weighted by molar-refractivity contribution is 9.10. The van der Waals surface area contributed by atoms with Crippen LogP contribution < -0.4 is 10.5 Å². The van der Waals surface area contributed by atoms with E-state index in [0.29, 0.717) is 11.3 Å². The molecule has 2 N–H and O–H groups in total. The molecular formula is C19H21BrN2O3. The third-order valence-corrected chi connectivity index (χ3v) is 4.08. The quantitative estimate of drug-likeness (QED) is 0.353. The number of carbonyl (C=O) groups is 1. The summed E-state index contributed by atoms with van der Waals surface area (Å²) in [4.78, 5) is 16.5. The van der Waals surface area contributed by atoms with Crippen LogP contribution in [0.15, 0.2) is 58.2 Å². The molecule has 25 heavy (non-hydrogen) atoms. The Labute approximate surface area is 155 Å². The van der Waals surface area contributed by atoms with Crippen LogP contribution in [0, 0.1) is 0 Å². The molecule has 0 radical (unpaired) electrons. The first kappa shape index (κ1) is 19.0. The van der Waals surface area contributed by atoms with Gasteiger partial charge in [0.2, 0.25) is 0 Å². The number of nitrogens with zero attached hydrogens (tertiary/aromatic N) is 1. The number of oxime groups is 1. The number of amidine groups is 1. The molecule has 0 spiro atoms. The van der Waals surface area contributed by atoms with Crippen LogP contribution in [0.1, 0.15) is 31.9 Å². The van der Waals surface area contributed by atoms with Crippen molar-refractivity contribution >= 4 is 27.7 Å². The van der Waals surface area contributed by atoms with E-state index < -0.39 is 5.97 Å². The second-order valence-electron chi connectivity index (χ2n) is 6.49. The minimum absolute atomic E-state index is 0.0314. The Morgan fingerprint density at radius 1 is 1.16 bits per heavy atom. The molecule has 0 aromatic heterocycles. The molecule has 0 aliphatic rings. The zero-order valence-corrected chi connectivity index (χ0v) is 16.0. The predicted octanol–water partition coefficient (Wildman–Crippen LogP) is 3.99. The van der Waals surface area contributed by atoms with Crippen LogP contribution in [0.5, 0.6) is 5.75 Å². The number of rotatable bonds is 5. The molecule has 0 fully saturated rings. The van der Waals surface area contributed by atoms with Gasteiger partial charge in [-0.25, -0.2) is 4.79 Å². The lowest BCUT2D eigenvalue weighted by Crippen LogP contribution is -2.18. The van der Waals surface area contributed by atoms with Crippen molar-refractivity contribution in [3.8, 4) is 5.75 Å². The van der Waals surface area contributed by atoms with Crippen molar-refractivity contribution in [3.63, 3.8) is 0 Å². The molecule has 6 heteroatoms. The van der Waals surface area contributed by atoms with Gasteiger partial charge in [-0.15, -0.1) is 0 Å². The summed E-state index contributed by atoms with van der Waals surface area (Å²) >= 11 is 3.46. The number of nitrogens with two attached hydrogens (primary N) is 1. The standard InChI is InChI=1S/C19H21BrN2O3/c1-19(2,3)14-9-10-16(15(20)11-14)24-12-17(23)25-22-18(21)13-7-5-4-6-8-13/h4-11H,12H2,1-3H3,(H2,21,22). The van der Waals surface area contributed by atoms with E-state index in [2.05, 4.69) is 41.9 Å². The largest absolute Gasteiger partial charge is 0.481 e. The highest BCUT2D eigenvalue weighted by Crippen LogP contribution is 2.31. The fourth-order valence-electron chi connectivity index (χ4n) is 2.01. The Morgan fingerprint density at radius 2 is 1.84 bits per heavy atom.